The van der Waals surface area contributed by atoms with Crippen molar-refractivity contribution in [3.8, 4) is 5.75 Å². The lowest BCUT2D eigenvalue weighted by molar-refractivity contribution is 0.00578. The minimum Gasteiger partial charge on any atom is -0.491 e. The van der Waals surface area contributed by atoms with E-state index < -0.39 is 7.12 Å². The minimum absolute atomic E-state index is 0.383. The molecule has 5 nitrogen and oxygen atoms in total. The summed E-state index contributed by atoms with van der Waals surface area (Å²) in [6, 6.07) is 1.90. The van der Waals surface area contributed by atoms with Gasteiger partial charge in [0.15, 0.2) is 0 Å². The normalized spacial score (nSPS) is 19.8. The molecule has 21 heavy (non-hydrogen) atoms. The summed E-state index contributed by atoms with van der Waals surface area (Å²) in [6.45, 7) is 11.0. The Morgan fingerprint density at radius 2 is 1.76 bits per heavy atom. The maximum Gasteiger partial charge on any atom is 0.500 e. The van der Waals surface area contributed by atoms with Crippen molar-refractivity contribution in [2.24, 2.45) is 0 Å². The molecule has 1 aromatic rings. The molecule has 1 fully saturated rings. The highest BCUT2D eigenvalue weighted by molar-refractivity contribution is 6.63. The van der Waals surface area contributed by atoms with E-state index in [-0.39, 0.29) is 11.2 Å². The smallest absolute Gasteiger partial charge is 0.491 e. The van der Waals surface area contributed by atoms with Crippen molar-refractivity contribution in [1.29, 1.82) is 0 Å². The van der Waals surface area contributed by atoms with Gasteiger partial charge in [-0.2, -0.15) is 0 Å². The first-order valence-corrected chi connectivity index (χ1v) is 7.21. The van der Waals surface area contributed by atoms with Crippen molar-refractivity contribution in [3.05, 3.63) is 18.0 Å². The SMILES string of the molecule is COCCOc1cc(C)ncc1B1OC(C)(C)C(C)(C)O1. The van der Waals surface area contributed by atoms with Crippen molar-refractivity contribution in [2.75, 3.05) is 20.3 Å². The van der Waals surface area contributed by atoms with Crippen LogP contribution in [0.15, 0.2) is 12.3 Å². The third kappa shape index (κ3) is 3.39. The zero-order chi connectivity index (χ0) is 15.7. The fourth-order valence-corrected chi connectivity index (χ4v) is 2.05. The lowest BCUT2D eigenvalue weighted by Crippen LogP contribution is -2.41. The van der Waals surface area contributed by atoms with Gasteiger partial charge in [0.2, 0.25) is 0 Å². The molecule has 0 aromatic carbocycles. The zero-order valence-corrected chi connectivity index (χ0v) is 13.7. The van der Waals surface area contributed by atoms with Crippen molar-refractivity contribution in [1.82, 2.24) is 4.98 Å². The van der Waals surface area contributed by atoms with Crippen molar-refractivity contribution in [2.45, 2.75) is 45.8 Å². The van der Waals surface area contributed by atoms with E-state index in [4.69, 9.17) is 18.8 Å². The molecule has 1 aliphatic heterocycles. The second-order valence-corrected chi connectivity index (χ2v) is 6.29. The molecule has 1 saturated heterocycles. The summed E-state index contributed by atoms with van der Waals surface area (Å²) >= 11 is 0. The van der Waals surface area contributed by atoms with Crippen LogP contribution in [0.2, 0.25) is 0 Å². The molecule has 6 heteroatoms. The predicted octanol–water partition coefficient (Wildman–Crippen LogP) is 1.71. The Balaban J connectivity index is 2.24. The second kappa shape index (κ2) is 5.95. The molecule has 0 aliphatic carbocycles. The van der Waals surface area contributed by atoms with Gasteiger partial charge < -0.3 is 18.8 Å². The van der Waals surface area contributed by atoms with E-state index in [1.807, 2.05) is 40.7 Å². The summed E-state index contributed by atoms with van der Waals surface area (Å²) in [6.07, 6.45) is 1.76. The van der Waals surface area contributed by atoms with E-state index in [1.165, 1.54) is 0 Å². The van der Waals surface area contributed by atoms with Crippen LogP contribution >= 0.6 is 0 Å². The number of aromatic nitrogens is 1. The van der Waals surface area contributed by atoms with Crippen LogP contribution in [-0.2, 0) is 14.0 Å². The van der Waals surface area contributed by atoms with Gasteiger partial charge in [-0.1, -0.05) is 0 Å². The number of aryl methyl sites for hydroxylation is 1. The maximum atomic E-state index is 6.06. The standard InChI is InChI=1S/C15H24BNO4/c1-11-9-13(19-8-7-18-6)12(10-17-11)16-20-14(2,3)15(4,5)21-16/h9-10H,7-8H2,1-6H3. The molecule has 116 valence electrons. The summed E-state index contributed by atoms with van der Waals surface area (Å²) in [5.41, 5.74) is 0.941. The maximum absolute atomic E-state index is 6.06. The van der Waals surface area contributed by atoms with E-state index in [9.17, 15) is 0 Å². The average molecular weight is 293 g/mol. The van der Waals surface area contributed by atoms with Gasteiger partial charge in [-0.3, -0.25) is 4.98 Å². The van der Waals surface area contributed by atoms with Crippen molar-refractivity contribution >= 4 is 12.6 Å². The fraction of sp³-hybridized carbons (Fsp3) is 0.667. The number of nitrogens with zero attached hydrogens (tertiary/aromatic N) is 1. The topological polar surface area (TPSA) is 49.8 Å². The van der Waals surface area contributed by atoms with Crippen molar-refractivity contribution in [3.63, 3.8) is 0 Å². The first kappa shape index (κ1) is 16.3. The molecule has 0 saturated carbocycles. The van der Waals surface area contributed by atoms with Gasteiger partial charge in [0, 0.05) is 30.5 Å². The van der Waals surface area contributed by atoms with Gasteiger partial charge in [0.25, 0.3) is 0 Å². The van der Waals surface area contributed by atoms with Gasteiger partial charge in [0.05, 0.1) is 17.8 Å². The van der Waals surface area contributed by atoms with Gasteiger partial charge in [-0.15, -0.1) is 0 Å². The number of methoxy groups -OCH3 is 1. The molecule has 0 unspecified atom stereocenters. The Morgan fingerprint density at radius 1 is 1.14 bits per heavy atom. The highest BCUT2D eigenvalue weighted by Crippen LogP contribution is 2.37. The van der Waals surface area contributed by atoms with Crippen LogP contribution in [-0.4, -0.2) is 43.6 Å². The molecule has 2 rings (SSSR count). The van der Waals surface area contributed by atoms with Crippen molar-refractivity contribution < 1.29 is 18.8 Å². The predicted molar refractivity (Wildman–Crippen MR) is 82.1 cm³/mol. The number of pyridine rings is 1. The first-order valence-electron chi connectivity index (χ1n) is 7.21. The Labute approximate surface area is 127 Å². The van der Waals surface area contributed by atoms with Crippen LogP contribution in [0.3, 0.4) is 0 Å². The lowest BCUT2D eigenvalue weighted by atomic mass is 9.79. The fourth-order valence-electron chi connectivity index (χ4n) is 2.05. The van der Waals surface area contributed by atoms with Crippen LogP contribution in [0.1, 0.15) is 33.4 Å². The number of hydrogen-bond donors (Lipinski definition) is 0. The summed E-state index contributed by atoms with van der Waals surface area (Å²) in [4.78, 5) is 4.34. The molecule has 1 aromatic heterocycles. The van der Waals surface area contributed by atoms with E-state index in [0.29, 0.717) is 13.2 Å². The van der Waals surface area contributed by atoms with Gasteiger partial charge >= 0.3 is 7.12 Å². The largest absolute Gasteiger partial charge is 0.500 e. The van der Waals surface area contributed by atoms with Crippen LogP contribution in [0.4, 0.5) is 0 Å². The Morgan fingerprint density at radius 3 is 2.33 bits per heavy atom. The lowest BCUT2D eigenvalue weighted by Gasteiger charge is -2.32. The average Bonchev–Trinajstić information content (AvgIpc) is 2.58. The molecule has 0 atom stereocenters. The first-order chi connectivity index (χ1) is 9.77. The van der Waals surface area contributed by atoms with E-state index in [0.717, 1.165) is 16.9 Å². The molecule has 0 bridgehead atoms. The highest BCUT2D eigenvalue weighted by atomic mass is 16.7. The molecule has 1 aliphatic rings. The number of ether oxygens (including phenoxy) is 2. The Kier molecular flexibility index (Phi) is 4.61. The summed E-state index contributed by atoms with van der Waals surface area (Å²) in [5, 5.41) is 0. The van der Waals surface area contributed by atoms with Crippen LogP contribution in [0.5, 0.6) is 5.75 Å². The van der Waals surface area contributed by atoms with Gasteiger partial charge in [-0.25, -0.2) is 0 Å². The molecule has 0 N–H and O–H groups in total. The third-order valence-corrected chi connectivity index (χ3v) is 4.08. The van der Waals surface area contributed by atoms with Crippen LogP contribution in [0.25, 0.3) is 0 Å². The Bertz CT molecular complexity index is 488. The minimum atomic E-state index is -0.472. The quantitative estimate of drug-likeness (QED) is 0.611. The molecule has 2 heterocycles. The van der Waals surface area contributed by atoms with Gasteiger partial charge in [-0.05, 0) is 34.6 Å². The molecule has 0 spiro atoms. The van der Waals surface area contributed by atoms with E-state index in [1.54, 1.807) is 13.3 Å². The summed E-state index contributed by atoms with van der Waals surface area (Å²) in [7, 11) is 1.18. The monoisotopic (exact) mass is 293 g/mol. The zero-order valence-electron chi connectivity index (χ0n) is 13.7. The number of hydrogen-bond acceptors (Lipinski definition) is 5. The molecular formula is C15H24BNO4. The highest BCUT2D eigenvalue weighted by Gasteiger charge is 2.52. The molecular weight excluding hydrogens is 269 g/mol. The third-order valence-electron chi connectivity index (χ3n) is 4.08. The van der Waals surface area contributed by atoms with E-state index >= 15 is 0 Å². The summed E-state index contributed by atoms with van der Waals surface area (Å²) < 4.78 is 22.9. The Hall–Kier alpha value is -1.11. The van der Waals surface area contributed by atoms with Gasteiger partial charge in [0.1, 0.15) is 12.4 Å². The molecule has 0 amide bonds. The summed E-state index contributed by atoms with van der Waals surface area (Å²) in [5.74, 6) is 0.734. The molecule has 0 radical (unpaired) electrons. The van der Waals surface area contributed by atoms with E-state index in [2.05, 4.69) is 4.98 Å². The second-order valence-electron chi connectivity index (χ2n) is 6.29. The van der Waals surface area contributed by atoms with Crippen LogP contribution < -0.4 is 10.2 Å². The van der Waals surface area contributed by atoms with Crippen LogP contribution in [0, 0.1) is 6.92 Å². The number of rotatable bonds is 5.